The average molecular weight is 976 g/mol. The number of para-hydroxylation sites is 1. The van der Waals surface area contributed by atoms with Crippen LogP contribution in [0, 0.1) is 5.92 Å². The van der Waals surface area contributed by atoms with Gasteiger partial charge in [-0.1, -0.05) is 111 Å². The third-order valence-corrected chi connectivity index (χ3v) is 14.9. The van der Waals surface area contributed by atoms with Gasteiger partial charge in [0.05, 0.1) is 21.9 Å². The second-order valence-corrected chi connectivity index (χ2v) is 19.2. The molecule has 11 nitrogen and oxygen atoms in total. The van der Waals surface area contributed by atoms with Gasteiger partial charge in [0.15, 0.2) is 5.60 Å². The molecule has 1 amide bonds. The van der Waals surface area contributed by atoms with Gasteiger partial charge in [-0.15, -0.1) is 11.8 Å². The van der Waals surface area contributed by atoms with Crippen molar-refractivity contribution in [3.05, 3.63) is 189 Å². The number of rotatable bonds is 17. The Morgan fingerprint density at radius 3 is 2.30 bits per heavy atom. The topological polar surface area (TPSA) is 129 Å². The lowest BCUT2D eigenvalue weighted by atomic mass is 9.77. The SMILES string of the molecule is CCCCCCc1cc2c(cc1OCc1ccc(OCC3=CN4C(=O)[C@H](CC(=O)Cc5ccccc5)[C@@H]4SC3)cc1)Oc1cc(N(C)c3ccccc3)ccc1C21OC(=O)c2c(Cl)cccc21.O=C=O. The average Bonchev–Trinajstić information content (AvgIpc) is 3.68. The number of hydrogen-bond acceptors (Lipinski definition) is 11. The summed E-state index contributed by atoms with van der Waals surface area (Å²) in [4.78, 5) is 59.8. The molecule has 0 N–H and O–H groups in total. The van der Waals surface area contributed by atoms with Crippen LogP contribution in [0.2, 0.25) is 5.02 Å². The van der Waals surface area contributed by atoms with E-state index in [-0.39, 0.29) is 35.6 Å². The Kier molecular flexibility index (Phi) is 14.6. The fourth-order valence-electron chi connectivity index (χ4n) is 9.60. The highest BCUT2D eigenvalue weighted by atomic mass is 35.5. The lowest BCUT2D eigenvalue weighted by Gasteiger charge is -2.47. The van der Waals surface area contributed by atoms with E-state index < -0.39 is 11.6 Å². The number of amides is 1. The Labute approximate surface area is 416 Å². The molecule has 1 spiro atoms. The van der Waals surface area contributed by atoms with E-state index >= 15 is 0 Å². The summed E-state index contributed by atoms with van der Waals surface area (Å²) in [6.45, 7) is 2.86. The van der Waals surface area contributed by atoms with Crippen LogP contribution in [0.1, 0.15) is 82.8 Å². The lowest BCUT2D eigenvalue weighted by molar-refractivity contribution is -0.191. The smallest absolute Gasteiger partial charge is 0.373 e. The summed E-state index contributed by atoms with van der Waals surface area (Å²) in [5.74, 6) is 2.58. The molecular formula is C57H51ClN2O9S. The highest BCUT2D eigenvalue weighted by Crippen LogP contribution is 2.58. The van der Waals surface area contributed by atoms with Gasteiger partial charge in [0.1, 0.15) is 42.0 Å². The van der Waals surface area contributed by atoms with Crippen molar-refractivity contribution in [1.29, 1.82) is 0 Å². The molecule has 0 aromatic heterocycles. The molecule has 4 heterocycles. The predicted octanol–water partition coefficient (Wildman–Crippen LogP) is 11.8. The summed E-state index contributed by atoms with van der Waals surface area (Å²) in [6, 6.07) is 43.2. The van der Waals surface area contributed by atoms with Crippen molar-refractivity contribution in [1.82, 2.24) is 4.90 Å². The Bertz CT molecular complexity index is 2980. The first-order valence-electron chi connectivity index (χ1n) is 23.5. The molecule has 70 heavy (non-hydrogen) atoms. The number of ketones is 1. The summed E-state index contributed by atoms with van der Waals surface area (Å²) in [6.07, 6.45) is 7.82. The van der Waals surface area contributed by atoms with Gasteiger partial charge in [-0.3, -0.25) is 9.59 Å². The number of ether oxygens (including phenoxy) is 4. The number of unbranched alkanes of at least 4 members (excludes halogenated alkanes) is 3. The highest BCUT2D eigenvalue weighted by molar-refractivity contribution is 8.00. The van der Waals surface area contributed by atoms with E-state index in [0.717, 1.165) is 82.6 Å². The zero-order valence-electron chi connectivity index (χ0n) is 38.9. The molecule has 6 aromatic carbocycles. The number of Topliss-reactive ketones (excluding diaryl/α,β-unsaturated/α-hetero) is 1. The second-order valence-electron chi connectivity index (χ2n) is 17.7. The van der Waals surface area contributed by atoms with Crippen LogP contribution in [-0.4, -0.2) is 53.5 Å². The third kappa shape index (κ3) is 9.72. The Morgan fingerprint density at radius 2 is 1.54 bits per heavy atom. The number of halogens is 1. The predicted molar refractivity (Wildman–Crippen MR) is 268 cm³/mol. The van der Waals surface area contributed by atoms with Crippen molar-refractivity contribution in [2.24, 2.45) is 5.92 Å². The standard InChI is InChI=1S/C56H51ClN2O7S.CO2/c1-3-4-5-10-16-39-28-47-51(65-50-29-41(58(2)40-17-11-7-12-18-40)23-26-45(50)56(47)46-19-13-20-48(57)52(46)55(62)66-56)31-49(39)64-33-37-21-24-43(25-22-37)63-34-38-32-59-53(61)44(54(59)67-35-38)30-42(60)27-36-14-8-6-9-15-36;2-1-3/h6-9,11-15,17-26,28-29,31-32,44,54H,3-5,10,16,27,30,33-35H2,1-2H3;/t44-,54-,56?;/m0./s1. The van der Waals surface area contributed by atoms with Crippen LogP contribution in [0.15, 0.2) is 145 Å². The molecule has 3 atom stereocenters. The van der Waals surface area contributed by atoms with E-state index in [1.54, 1.807) is 22.7 Å². The fourth-order valence-corrected chi connectivity index (χ4v) is 11.2. The number of esters is 1. The van der Waals surface area contributed by atoms with Crippen molar-refractivity contribution in [3.8, 4) is 23.0 Å². The van der Waals surface area contributed by atoms with E-state index in [0.29, 0.717) is 58.8 Å². The van der Waals surface area contributed by atoms with Crippen LogP contribution >= 0.6 is 23.4 Å². The largest absolute Gasteiger partial charge is 0.489 e. The summed E-state index contributed by atoms with van der Waals surface area (Å²) < 4.78 is 26.3. The molecule has 13 heteroatoms. The zero-order chi connectivity index (χ0) is 48.8. The van der Waals surface area contributed by atoms with Gasteiger partial charge < -0.3 is 28.7 Å². The maximum Gasteiger partial charge on any atom is 0.373 e. The van der Waals surface area contributed by atoms with Crippen LogP contribution in [0.5, 0.6) is 23.0 Å². The second kappa shape index (κ2) is 21.3. The number of hydrogen-bond donors (Lipinski definition) is 0. The van der Waals surface area contributed by atoms with Crippen LogP contribution in [0.3, 0.4) is 0 Å². The third-order valence-electron chi connectivity index (χ3n) is 13.2. The fraction of sp³-hybridized carbons (Fsp3) is 0.263. The van der Waals surface area contributed by atoms with Gasteiger partial charge in [0, 0.05) is 72.0 Å². The molecule has 1 saturated heterocycles. The monoisotopic (exact) mass is 974 g/mol. The Morgan fingerprint density at radius 1 is 0.800 bits per heavy atom. The highest BCUT2D eigenvalue weighted by Gasteiger charge is 2.55. The molecule has 0 radical (unpaired) electrons. The summed E-state index contributed by atoms with van der Waals surface area (Å²) in [5, 5.41) is 0.331. The molecule has 1 unspecified atom stereocenters. The molecule has 6 aromatic rings. The minimum atomic E-state index is -1.29. The molecule has 4 aliphatic heterocycles. The maximum atomic E-state index is 13.8. The minimum absolute atomic E-state index is 0.00239. The number of anilines is 2. The normalized spacial score (nSPS) is 18.0. The summed E-state index contributed by atoms with van der Waals surface area (Å²) in [5.41, 5.74) is 7.07. The van der Waals surface area contributed by atoms with Crippen molar-refractivity contribution in [3.63, 3.8) is 0 Å². The number of thioether (sulfide) groups is 1. The quantitative estimate of drug-likeness (QED) is 0.0492. The van der Waals surface area contributed by atoms with Crippen LogP contribution in [-0.2, 0) is 49.0 Å². The van der Waals surface area contributed by atoms with Gasteiger partial charge >= 0.3 is 12.1 Å². The van der Waals surface area contributed by atoms with Crippen molar-refractivity contribution >= 4 is 58.5 Å². The summed E-state index contributed by atoms with van der Waals surface area (Å²) >= 11 is 8.42. The van der Waals surface area contributed by atoms with E-state index in [1.807, 2.05) is 122 Å². The van der Waals surface area contributed by atoms with E-state index in [9.17, 15) is 14.4 Å². The van der Waals surface area contributed by atoms with Gasteiger partial charge in [-0.25, -0.2) is 4.79 Å². The molecular weight excluding hydrogens is 924 g/mol. The molecule has 4 aliphatic rings. The first kappa shape index (κ1) is 47.9. The first-order valence-corrected chi connectivity index (χ1v) is 24.9. The van der Waals surface area contributed by atoms with Gasteiger partial charge in [0.2, 0.25) is 5.91 Å². The molecule has 0 saturated carbocycles. The minimum Gasteiger partial charge on any atom is -0.489 e. The molecule has 0 bridgehead atoms. The Hall–Kier alpha value is -7.11. The number of carbonyl (C=O) groups excluding carboxylic acids is 5. The number of β-lactam (4-membered cyclic amide) rings is 1. The number of benzene rings is 6. The number of nitrogens with zero attached hydrogens (tertiary/aromatic N) is 2. The number of fused-ring (bicyclic) bond motifs is 7. The molecule has 10 rings (SSSR count). The lowest BCUT2D eigenvalue weighted by Crippen LogP contribution is -2.58. The number of aryl methyl sites for hydroxylation is 1. The van der Waals surface area contributed by atoms with Gasteiger partial charge in [-0.2, -0.15) is 9.59 Å². The molecule has 356 valence electrons. The van der Waals surface area contributed by atoms with Crippen molar-refractivity contribution in [2.75, 3.05) is 24.3 Å². The van der Waals surface area contributed by atoms with Gasteiger partial charge in [0.25, 0.3) is 0 Å². The van der Waals surface area contributed by atoms with Gasteiger partial charge in [-0.05, 0) is 83.6 Å². The van der Waals surface area contributed by atoms with Crippen molar-refractivity contribution < 1.29 is 42.9 Å². The van der Waals surface area contributed by atoms with Crippen molar-refractivity contribution in [2.45, 2.75) is 69.5 Å². The van der Waals surface area contributed by atoms with Crippen LogP contribution < -0.4 is 19.1 Å². The van der Waals surface area contributed by atoms with Crippen LogP contribution in [0.4, 0.5) is 11.4 Å². The first-order chi connectivity index (χ1) is 34.1. The summed E-state index contributed by atoms with van der Waals surface area (Å²) in [7, 11) is 2.01. The van der Waals surface area contributed by atoms with E-state index in [1.165, 1.54) is 0 Å². The van der Waals surface area contributed by atoms with E-state index in [2.05, 4.69) is 30.0 Å². The van der Waals surface area contributed by atoms with Crippen LogP contribution in [0.25, 0.3) is 0 Å². The van der Waals surface area contributed by atoms with E-state index in [4.69, 9.17) is 40.1 Å². The maximum absolute atomic E-state index is 13.8. The Balaban J connectivity index is 0.00000198. The molecule has 0 aliphatic carbocycles. The molecule has 1 fully saturated rings. The zero-order valence-corrected chi connectivity index (χ0v) is 40.4. The number of carbonyl (C=O) groups is 3.